The molecule has 1 amide bonds. The van der Waals surface area contributed by atoms with Gasteiger partial charge < -0.3 is 4.74 Å². The Kier molecular flexibility index (Phi) is 6.48. The van der Waals surface area contributed by atoms with E-state index in [9.17, 15) is 4.79 Å². The minimum Gasteiger partial charge on any atom is -0.483 e. The van der Waals surface area contributed by atoms with Gasteiger partial charge in [0.15, 0.2) is 11.7 Å². The van der Waals surface area contributed by atoms with Crippen LogP contribution in [0.25, 0.3) is 10.2 Å². The Morgan fingerprint density at radius 1 is 1.16 bits per heavy atom. The van der Waals surface area contributed by atoms with Gasteiger partial charge in [-0.2, -0.15) is 5.10 Å². The molecule has 0 spiro atoms. The summed E-state index contributed by atoms with van der Waals surface area (Å²) in [7, 11) is 0. The largest absolute Gasteiger partial charge is 0.483 e. The van der Waals surface area contributed by atoms with Crippen LogP contribution in [0.4, 0.5) is 5.13 Å². The van der Waals surface area contributed by atoms with E-state index >= 15 is 0 Å². The number of ether oxygens (including phenoxy) is 1. The molecule has 32 heavy (non-hydrogen) atoms. The number of hydrogen-bond acceptors (Lipinski definition) is 5. The predicted octanol–water partition coefficient (Wildman–Crippen LogP) is 5.49. The van der Waals surface area contributed by atoms with E-state index in [-0.39, 0.29) is 12.5 Å². The molecule has 0 aliphatic carbocycles. The lowest BCUT2D eigenvalue weighted by molar-refractivity contribution is -0.120. The maximum atomic E-state index is 13.3. The highest BCUT2D eigenvalue weighted by atomic mass is 35.5. The molecule has 0 radical (unpaired) electrons. The number of hydrogen-bond donors (Lipinski definition) is 0. The quantitative estimate of drug-likeness (QED) is 0.359. The van der Waals surface area contributed by atoms with Crippen molar-refractivity contribution < 1.29 is 9.53 Å². The van der Waals surface area contributed by atoms with Crippen LogP contribution in [0.15, 0.2) is 42.5 Å². The summed E-state index contributed by atoms with van der Waals surface area (Å²) in [6, 6.07) is 13.5. The number of aryl methyl sites for hydroxylation is 4. The number of thiazole rings is 1. The summed E-state index contributed by atoms with van der Waals surface area (Å²) >= 11 is 7.76. The summed E-state index contributed by atoms with van der Waals surface area (Å²) in [4.78, 5) is 19.7. The second kappa shape index (κ2) is 9.30. The first-order valence-electron chi connectivity index (χ1n) is 10.4. The van der Waals surface area contributed by atoms with Crippen LogP contribution in [0.3, 0.4) is 0 Å². The van der Waals surface area contributed by atoms with E-state index in [1.165, 1.54) is 11.3 Å². The third-order valence-corrected chi connectivity index (χ3v) is 6.81. The van der Waals surface area contributed by atoms with Crippen LogP contribution in [-0.4, -0.2) is 33.8 Å². The molecule has 2 aromatic heterocycles. The van der Waals surface area contributed by atoms with Crippen molar-refractivity contribution in [2.75, 3.05) is 18.1 Å². The number of fused-ring (bicyclic) bond motifs is 1. The van der Waals surface area contributed by atoms with Gasteiger partial charge in [-0.05, 0) is 63.1 Å². The van der Waals surface area contributed by atoms with E-state index in [1.54, 1.807) is 4.90 Å². The van der Waals surface area contributed by atoms with Crippen molar-refractivity contribution in [3.63, 3.8) is 0 Å². The van der Waals surface area contributed by atoms with E-state index in [1.807, 2.05) is 74.8 Å². The SMILES string of the molecule is Cc1cc(C)n(CCN(C(=O)COc2ccccc2C)c2nc3c(C)c(Cl)ccc3s2)n1. The summed E-state index contributed by atoms with van der Waals surface area (Å²) in [5.41, 5.74) is 4.72. The molecule has 0 aliphatic heterocycles. The number of anilines is 1. The highest BCUT2D eigenvalue weighted by Crippen LogP contribution is 2.33. The number of amides is 1. The van der Waals surface area contributed by atoms with Crippen molar-refractivity contribution in [3.8, 4) is 5.75 Å². The van der Waals surface area contributed by atoms with Crippen LogP contribution in [-0.2, 0) is 11.3 Å². The monoisotopic (exact) mass is 468 g/mol. The van der Waals surface area contributed by atoms with Crippen molar-refractivity contribution in [2.45, 2.75) is 34.2 Å². The Morgan fingerprint density at radius 3 is 2.66 bits per heavy atom. The van der Waals surface area contributed by atoms with Gasteiger partial charge in [-0.15, -0.1) is 0 Å². The fourth-order valence-electron chi connectivity index (χ4n) is 3.56. The van der Waals surface area contributed by atoms with Crippen molar-refractivity contribution in [3.05, 3.63) is 70.0 Å². The number of nitrogens with zero attached hydrogens (tertiary/aromatic N) is 4. The van der Waals surface area contributed by atoms with Crippen LogP contribution < -0.4 is 9.64 Å². The third-order valence-electron chi connectivity index (χ3n) is 5.35. The third kappa shape index (κ3) is 4.64. The average molecular weight is 469 g/mol. The van der Waals surface area contributed by atoms with Crippen molar-refractivity contribution in [1.82, 2.24) is 14.8 Å². The van der Waals surface area contributed by atoms with Gasteiger partial charge in [-0.1, -0.05) is 41.1 Å². The molecule has 2 aromatic carbocycles. The molecule has 0 fully saturated rings. The second-order valence-electron chi connectivity index (χ2n) is 7.77. The number of para-hydroxylation sites is 1. The molecule has 4 rings (SSSR count). The fourth-order valence-corrected chi connectivity index (χ4v) is 4.78. The number of carbonyl (C=O) groups excluding carboxylic acids is 1. The van der Waals surface area contributed by atoms with E-state index in [0.29, 0.717) is 29.0 Å². The number of halogens is 1. The predicted molar refractivity (Wildman–Crippen MR) is 130 cm³/mol. The van der Waals surface area contributed by atoms with Crippen LogP contribution in [0.5, 0.6) is 5.75 Å². The molecular weight excluding hydrogens is 444 g/mol. The average Bonchev–Trinajstić information content (AvgIpc) is 3.33. The second-order valence-corrected chi connectivity index (χ2v) is 9.18. The first-order chi connectivity index (χ1) is 15.3. The van der Waals surface area contributed by atoms with Gasteiger partial charge in [0.1, 0.15) is 5.75 Å². The van der Waals surface area contributed by atoms with Crippen LogP contribution in [0.1, 0.15) is 22.5 Å². The molecule has 0 unspecified atom stereocenters. The maximum Gasteiger partial charge on any atom is 0.266 e. The summed E-state index contributed by atoms with van der Waals surface area (Å²) in [6.45, 7) is 8.80. The molecule has 8 heteroatoms. The fraction of sp³-hybridized carbons (Fsp3) is 0.292. The Balaban J connectivity index is 1.61. The molecule has 6 nitrogen and oxygen atoms in total. The zero-order valence-electron chi connectivity index (χ0n) is 18.6. The van der Waals surface area contributed by atoms with E-state index in [4.69, 9.17) is 21.3 Å². The van der Waals surface area contributed by atoms with Crippen molar-refractivity contribution >= 4 is 44.2 Å². The van der Waals surface area contributed by atoms with Crippen LogP contribution in [0, 0.1) is 27.7 Å². The molecule has 4 aromatic rings. The first-order valence-corrected chi connectivity index (χ1v) is 11.6. The van der Waals surface area contributed by atoms with Gasteiger partial charge in [-0.25, -0.2) is 4.98 Å². The smallest absolute Gasteiger partial charge is 0.266 e. The Hall–Kier alpha value is -2.90. The summed E-state index contributed by atoms with van der Waals surface area (Å²) < 4.78 is 8.74. The Labute approximate surface area is 196 Å². The lowest BCUT2D eigenvalue weighted by atomic mass is 10.2. The van der Waals surface area contributed by atoms with Gasteiger partial charge >= 0.3 is 0 Å². The zero-order valence-corrected chi connectivity index (χ0v) is 20.1. The number of aromatic nitrogens is 3. The minimum absolute atomic E-state index is 0.0718. The summed E-state index contributed by atoms with van der Waals surface area (Å²) in [5.74, 6) is 0.545. The van der Waals surface area contributed by atoms with Crippen LogP contribution >= 0.6 is 22.9 Å². The highest BCUT2D eigenvalue weighted by molar-refractivity contribution is 7.22. The van der Waals surface area contributed by atoms with Gasteiger partial charge in [0.05, 0.1) is 22.5 Å². The van der Waals surface area contributed by atoms with Gasteiger partial charge in [-0.3, -0.25) is 14.4 Å². The van der Waals surface area contributed by atoms with Gasteiger partial charge in [0, 0.05) is 17.3 Å². The number of benzene rings is 2. The lowest BCUT2D eigenvalue weighted by Crippen LogP contribution is -2.37. The molecule has 0 saturated carbocycles. The molecule has 0 atom stereocenters. The lowest BCUT2D eigenvalue weighted by Gasteiger charge is -2.20. The molecule has 0 N–H and O–H groups in total. The van der Waals surface area contributed by atoms with Crippen molar-refractivity contribution in [2.24, 2.45) is 0 Å². The Bertz CT molecular complexity index is 1280. The first kappa shape index (κ1) is 22.3. The molecule has 0 saturated heterocycles. The maximum absolute atomic E-state index is 13.3. The highest BCUT2D eigenvalue weighted by Gasteiger charge is 2.22. The number of rotatable bonds is 7. The molecule has 166 valence electrons. The molecule has 2 heterocycles. The topological polar surface area (TPSA) is 60.2 Å². The van der Waals surface area contributed by atoms with E-state index < -0.39 is 0 Å². The normalized spacial score (nSPS) is 11.2. The van der Waals surface area contributed by atoms with E-state index in [2.05, 4.69) is 5.10 Å². The zero-order chi connectivity index (χ0) is 22.8. The Morgan fingerprint density at radius 2 is 1.94 bits per heavy atom. The number of carbonyl (C=O) groups is 1. The van der Waals surface area contributed by atoms with Crippen LogP contribution in [0.2, 0.25) is 5.02 Å². The van der Waals surface area contributed by atoms with Crippen molar-refractivity contribution in [1.29, 1.82) is 0 Å². The molecular formula is C24H25ClN4O2S. The molecule has 0 bridgehead atoms. The minimum atomic E-state index is -0.155. The molecule has 0 aliphatic rings. The summed E-state index contributed by atoms with van der Waals surface area (Å²) in [5, 5.41) is 5.82. The summed E-state index contributed by atoms with van der Waals surface area (Å²) in [6.07, 6.45) is 0. The van der Waals surface area contributed by atoms with Gasteiger partial charge in [0.25, 0.3) is 5.91 Å². The standard InChI is InChI=1S/C24H25ClN4O2S/c1-15-7-5-6-8-20(15)31-14-22(30)28(11-12-29-17(3)13-16(2)27-29)24-26-23-18(4)19(25)9-10-21(23)32-24/h5-10,13H,11-12,14H2,1-4H3. The van der Waals surface area contributed by atoms with E-state index in [0.717, 1.165) is 32.7 Å². The van der Waals surface area contributed by atoms with Gasteiger partial charge in [0.2, 0.25) is 0 Å².